The Morgan fingerprint density at radius 2 is 2.06 bits per heavy atom. The highest BCUT2D eigenvalue weighted by Crippen LogP contribution is 2.45. The fourth-order valence-corrected chi connectivity index (χ4v) is 5.16. The Morgan fingerprint density at radius 3 is 2.76 bits per heavy atom. The van der Waals surface area contributed by atoms with Crippen LogP contribution in [0.25, 0.3) is 22.3 Å². The molecule has 2 amide bonds. The molecule has 1 saturated carbocycles. The number of nitrogens with one attached hydrogen (secondary N) is 1. The van der Waals surface area contributed by atoms with Gasteiger partial charge in [-0.3, -0.25) is 9.58 Å². The van der Waals surface area contributed by atoms with Crippen LogP contribution in [0.2, 0.25) is 0 Å². The summed E-state index contributed by atoms with van der Waals surface area (Å²) in [6.07, 6.45) is 9.44. The van der Waals surface area contributed by atoms with E-state index in [1.807, 2.05) is 55.1 Å². The minimum atomic E-state index is -0.299. The third-order valence-corrected chi connectivity index (χ3v) is 7.51. The summed E-state index contributed by atoms with van der Waals surface area (Å²) < 4.78 is 1.97. The number of nitrogens with zero attached hydrogens (tertiary/aromatic N) is 8. The maximum Gasteiger partial charge on any atom is 0.320 e. The van der Waals surface area contributed by atoms with E-state index in [0.29, 0.717) is 12.5 Å². The van der Waals surface area contributed by atoms with Crippen LogP contribution in [0.4, 0.5) is 4.79 Å². The van der Waals surface area contributed by atoms with Crippen molar-refractivity contribution in [3.8, 4) is 17.3 Å². The first kappa shape index (κ1) is 22.3. The van der Waals surface area contributed by atoms with Crippen molar-refractivity contribution < 1.29 is 4.79 Å². The van der Waals surface area contributed by atoms with Crippen molar-refractivity contribution in [2.45, 2.75) is 50.7 Å². The molecule has 3 aromatic heterocycles. The summed E-state index contributed by atoms with van der Waals surface area (Å²) in [5.74, 6) is 0. The molecule has 0 bridgehead atoms. The molecule has 1 aliphatic heterocycles. The van der Waals surface area contributed by atoms with Crippen LogP contribution in [0.3, 0.4) is 0 Å². The molecule has 2 fully saturated rings. The predicted molar refractivity (Wildman–Crippen MR) is 128 cm³/mol. The molecule has 5 rings (SSSR count). The van der Waals surface area contributed by atoms with Crippen LogP contribution in [0.15, 0.2) is 31.0 Å². The molecule has 0 unspecified atom stereocenters. The Hall–Kier alpha value is -3.45. The van der Waals surface area contributed by atoms with E-state index in [2.05, 4.69) is 31.0 Å². The fraction of sp³-hybridized carbons (Fsp3) is 0.542. The van der Waals surface area contributed by atoms with E-state index >= 15 is 0 Å². The van der Waals surface area contributed by atoms with Crippen LogP contribution in [-0.2, 0) is 5.54 Å². The lowest BCUT2D eigenvalue weighted by Crippen LogP contribution is -2.61. The topological polar surface area (TPSA) is 110 Å². The van der Waals surface area contributed by atoms with E-state index in [1.54, 1.807) is 11.2 Å². The fourth-order valence-electron chi connectivity index (χ4n) is 5.16. The summed E-state index contributed by atoms with van der Waals surface area (Å²) in [5, 5.41) is 15.2. The summed E-state index contributed by atoms with van der Waals surface area (Å²) in [4.78, 5) is 30.7. The first-order chi connectivity index (χ1) is 16.4. The normalized spacial score (nSPS) is 23.1. The summed E-state index contributed by atoms with van der Waals surface area (Å²) in [6, 6.07) is 5.05. The summed E-state index contributed by atoms with van der Waals surface area (Å²) in [6.45, 7) is 7.27. The van der Waals surface area contributed by atoms with Gasteiger partial charge in [0.1, 0.15) is 12.0 Å². The number of carbonyl (C=O) groups excluding carboxylic acids is 1. The second-order valence-corrected chi connectivity index (χ2v) is 9.77. The molecular formula is C24H31N9O. The Balaban J connectivity index is 1.26. The van der Waals surface area contributed by atoms with Crippen LogP contribution in [0.1, 0.15) is 33.1 Å². The Morgan fingerprint density at radius 1 is 1.29 bits per heavy atom. The van der Waals surface area contributed by atoms with Gasteiger partial charge in [-0.15, -0.1) is 0 Å². The third kappa shape index (κ3) is 3.80. The quantitative estimate of drug-likeness (QED) is 0.626. The molecule has 1 N–H and O–H groups in total. The Labute approximate surface area is 199 Å². The molecule has 0 atom stereocenters. The zero-order valence-electron chi connectivity index (χ0n) is 20.0. The molecule has 34 heavy (non-hydrogen) atoms. The molecule has 178 valence electrons. The predicted octanol–water partition coefficient (Wildman–Crippen LogP) is 2.67. The van der Waals surface area contributed by atoms with Crippen LogP contribution in [-0.4, -0.2) is 90.8 Å². The number of aromatic nitrogens is 5. The van der Waals surface area contributed by atoms with Gasteiger partial charge < -0.3 is 14.8 Å². The smallest absolute Gasteiger partial charge is 0.320 e. The zero-order valence-corrected chi connectivity index (χ0v) is 20.0. The molecule has 0 spiro atoms. The monoisotopic (exact) mass is 461 g/mol. The summed E-state index contributed by atoms with van der Waals surface area (Å²) in [7, 11) is 1.86. The molecule has 0 radical (unpaired) electrons. The number of hydrogen-bond acceptors (Lipinski definition) is 6. The van der Waals surface area contributed by atoms with Crippen molar-refractivity contribution in [1.82, 2.24) is 39.4 Å². The number of rotatable bonds is 5. The van der Waals surface area contributed by atoms with Crippen molar-refractivity contribution >= 4 is 17.1 Å². The molecule has 2 aliphatic rings. The molecular weight excluding hydrogens is 430 g/mol. The first-order valence-electron chi connectivity index (χ1n) is 11.9. The van der Waals surface area contributed by atoms with Gasteiger partial charge in [-0.1, -0.05) is 0 Å². The number of urea groups is 1. The molecule has 1 saturated heterocycles. The number of carbonyl (C=O) groups is 1. The van der Waals surface area contributed by atoms with Gasteiger partial charge in [-0.05, 0) is 32.8 Å². The van der Waals surface area contributed by atoms with Crippen molar-refractivity contribution in [3.05, 3.63) is 31.0 Å². The maximum absolute atomic E-state index is 12.6. The van der Waals surface area contributed by atoms with Crippen molar-refractivity contribution in [2.24, 2.45) is 0 Å². The Bertz CT molecular complexity index is 1210. The van der Waals surface area contributed by atoms with Crippen LogP contribution in [0.5, 0.6) is 0 Å². The second kappa shape index (κ2) is 8.72. The van der Waals surface area contributed by atoms with Gasteiger partial charge in [-0.2, -0.15) is 10.4 Å². The highest BCUT2D eigenvalue weighted by atomic mass is 16.2. The average Bonchev–Trinajstić information content (AvgIpc) is 3.50. The van der Waals surface area contributed by atoms with E-state index in [-0.39, 0.29) is 17.6 Å². The molecule has 10 heteroatoms. The van der Waals surface area contributed by atoms with Crippen LogP contribution < -0.4 is 0 Å². The molecule has 3 aromatic rings. The lowest BCUT2D eigenvalue weighted by molar-refractivity contribution is -0.0148. The lowest BCUT2D eigenvalue weighted by Gasteiger charge is -2.52. The highest BCUT2D eigenvalue weighted by Gasteiger charge is 2.49. The minimum absolute atomic E-state index is 0.104. The lowest BCUT2D eigenvalue weighted by atomic mass is 9.70. The van der Waals surface area contributed by atoms with Crippen LogP contribution >= 0.6 is 0 Å². The van der Waals surface area contributed by atoms with Gasteiger partial charge in [-0.25, -0.2) is 14.8 Å². The number of aromatic amines is 1. The van der Waals surface area contributed by atoms with Crippen molar-refractivity contribution in [1.29, 1.82) is 5.26 Å². The van der Waals surface area contributed by atoms with Crippen LogP contribution in [0, 0.1) is 11.3 Å². The van der Waals surface area contributed by atoms with E-state index < -0.39 is 0 Å². The van der Waals surface area contributed by atoms with Gasteiger partial charge in [0.15, 0.2) is 0 Å². The van der Waals surface area contributed by atoms with Gasteiger partial charge in [0.2, 0.25) is 0 Å². The number of nitriles is 1. The number of hydrogen-bond donors (Lipinski definition) is 1. The zero-order chi connectivity index (χ0) is 23.9. The minimum Gasteiger partial charge on any atom is -0.346 e. The molecule has 10 nitrogen and oxygen atoms in total. The van der Waals surface area contributed by atoms with E-state index in [9.17, 15) is 10.1 Å². The second-order valence-electron chi connectivity index (χ2n) is 9.77. The van der Waals surface area contributed by atoms with Gasteiger partial charge in [0, 0.05) is 68.7 Å². The molecule has 4 heterocycles. The largest absolute Gasteiger partial charge is 0.346 e. The Kier molecular flexibility index (Phi) is 5.73. The SMILES string of the molecule is CC(C)N(C)C(=O)N1CCN([C@H]2C[C@](CC#N)(n3cc(-c4ncnc5[nH]ccc45)cn3)C2)CC1. The third-order valence-electron chi connectivity index (χ3n) is 7.51. The standard InChI is InChI=1S/C24H31N9O/c1-17(2)30(3)23(34)32-10-8-31(9-11-32)19-12-24(13-19,5-6-25)33-15-18(14-29-33)21-20-4-7-26-22(20)28-16-27-21/h4,7,14-17,19H,5,8-13H2,1-3H3,(H,26,27,28)/t19-,24-. The van der Waals surface area contributed by atoms with E-state index in [4.69, 9.17) is 0 Å². The maximum atomic E-state index is 12.6. The van der Waals surface area contributed by atoms with Gasteiger partial charge in [0.25, 0.3) is 0 Å². The first-order valence-corrected chi connectivity index (χ1v) is 11.9. The number of fused-ring (bicyclic) bond motifs is 1. The summed E-state index contributed by atoms with van der Waals surface area (Å²) in [5.41, 5.74) is 2.26. The van der Waals surface area contributed by atoms with E-state index in [1.165, 1.54) is 0 Å². The highest BCUT2D eigenvalue weighted by molar-refractivity contribution is 5.90. The molecule has 1 aliphatic carbocycles. The number of H-pyrrole nitrogens is 1. The van der Waals surface area contributed by atoms with Crippen molar-refractivity contribution in [3.63, 3.8) is 0 Å². The van der Waals surface area contributed by atoms with Gasteiger partial charge in [0.05, 0.1) is 29.9 Å². The summed E-state index contributed by atoms with van der Waals surface area (Å²) >= 11 is 0. The number of amides is 2. The van der Waals surface area contributed by atoms with E-state index in [0.717, 1.165) is 61.3 Å². The number of piperazine rings is 1. The van der Waals surface area contributed by atoms with Gasteiger partial charge >= 0.3 is 6.03 Å². The van der Waals surface area contributed by atoms with Crippen molar-refractivity contribution in [2.75, 3.05) is 33.2 Å². The average molecular weight is 462 g/mol. The molecule has 0 aromatic carbocycles.